The number of nitrogens with one attached hydrogen (secondary N) is 1. The van der Waals surface area contributed by atoms with Gasteiger partial charge < -0.3 is 14.8 Å². The van der Waals surface area contributed by atoms with Crippen LogP contribution in [0.4, 0.5) is 5.69 Å². The largest absolute Gasteiger partial charge is 0.493 e. The molecule has 0 bridgehead atoms. The first-order valence-corrected chi connectivity index (χ1v) is 11.6. The number of benzene rings is 2. The molecule has 0 unspecified atom stereocenters. The van der Waals surface area contributed by atoms with Crippen LogP contribution in [0.2, 0.25) is 0 Å². The first-order chi connectivity index (χ1) is 13.9. The standard InChI is InChI=1S/C20H23BrN2O5S/c1-2-11-28-19-8-3-15(21)14-18(19)20(24)22-16-4-6-17(7-5-16)29(25,26)23-9-12-27-13-10-23/h3-8,14H,2,9-13H2,1H3,(H,22,24). The molecule has 9 heteroatoms. The lowest BCUT2D eigenvalue weighted by molar-refractivity contribution is 0.0730. The molecule has 2 aromatic carbocycles. The molecule has 0 radical (unpaired) electrons. The van der Waals surface area contributed by atoms with Crippen LogP contribution in [0.25, 0.3) is 0 Å². The second-order valence-electron chi connectivity index (χ2n) is 6.48. The third-order valence-electron chi connectivity index (χ3n) is 4.37. The first-order valence-electron chi connectivity index (χ1n) is 9.33. The van der Waals surface area contributed by atoms with Gasteiger partial charge in [0.25, 0.3) is 5.91 Å². The van der Waals surface area contributed by atoms with Crippen LogP contribution in [0.15, 0.2) is 51.8 Å². The number of halogens is 1. The van der Waals surface area contributed by atoms with E-state index in [4.69, 9.17) is 9.47 Å². The number of hydrogen-bond donors (Lipinski definition) is 1. The lowest BCUT2D eigenvalue weighted by atomic mass is 10.2. The van der Waals surface area contributed by atoms with Crippen LogP contribution < -0.4 is 10.1 Å². The predicted octanol–water partition coefficient (Wildman–Crippen LogP) is 3.51. The Morgan fingerprint density at radius 1 is 1.17 bits per heavy atom. The van der Waals surface area contributed by atoms with Crippen molar-refractivity contribution in [3.8, 4) is 5.75 Å². The summed E-state index contributed by atoms with van der Waals surface area (Å²) in [6.45, 7) is 3.96. The Morgan fingerprint density at radius 3 is 2.52 bits per heavy atom. The van der Waals surface area contributed by atoms with E-state index in [-0.39, 0.29) is 10.8 Å². The SMILES string of the molecule is CCCOc1ccc(Br)cc1C(=O)Nc1ccc(S(=O)(=O)N2CCOCC2)cc1. The lowest BCUT2D eigenvalue weighted by Gasteiger charge is -2.26. The van der Waals surface area contributed by atoms with E-state index in [0.29, 0.717) is 49.9 Å². The molecule has 0 aliphatic carbocycles. The average Bonchev–Trinajstić information content (AvgIpc) is 2.74. The van der Waals surface area contributed by atoms with E-state index in [1.54, 1.807) is 24.3 Å². The molecule has 1 aliphatic rings. The fourth-order valence-corrected chi connectivity index (χ4v) is 4.63. The van der Waals surface area contributed by atoms with Crippen molar-refractivity contribution in [1.29, 1.82) is 0 Å². The van der Waals surface area contributed by atoms with Crippen LogP contribution in [0.3, 0.4) is 0 Å². The number of amides is 1. The molecule has 0 aromatic heterocycles. The Balaban J connectivity index is 1.74. The highest BCUT2D eigenvalue weighted by molar-refractivity contribution is 9.10. The van der Waals surface area contributed by atoms with Crippen LogP contribution in [0, 0.1) is 0 Å². The zero-order valence-electron chi connectivity index (χ0n) is 16.1. The number of hydrogen-bond acceptors (Lipinski definition) is 5. The van der Waals surface area contributed by atoms with Crippen molar-refractivity contribution in [3.63, 3.8) is 0 Å². The number of sulfonamides is 1. The van der Waals surface area contributed by atoms with E-state index >= 15 is 0 Å². The van der Waals surface area contributed by atoms with Gasteiger partial charge in [0.15, 0.2) is 0 Å². The molecule has 1 N–H and O–H groups in total. The summed E-state index contributed by atoms with van der Waals surface area (Å²) in [5.74, 6) is 0.167. The maximum absolute atomic E-state index is 12.7. The molecule has 1 saturated heterocycles. The molecule has 1 aliphatic heterocycles. The maximum Gasteiger partial charge on any atom is 0.259 e. The fourth-order valence-electron chi connectivity index (χ4n) is 2.86. The van der Waals surface area contributed by atoms with Gasteiger partial charge in [-0.25, -0.2) is 8.42 Å². The monoisotopic (exact) mass is 482 g/mol. The molecule has 7 nitrogen and oxygen atoms in total. The summed E-state index contributed by atoms with van der Waals surface area (Å²) in [6.07, 6.45) is 0.830. The highest BCUT2D eigenvalue weighted by Gasteiger charge is 2.26. The number of ether oxygens (including phenoxy) is 2. The van der Waals surface area contributed by atoms with Gasteiger partial charge in [-0.2, -0.15) is 4.31 Å². The summed E-state index contributed by atoms with van der Waals surface area (Å²) in [7, 11) is -3.57. The number of rotatable bonds is 7. The molecular formula is C20H23BrN2O5S. The normalized spacial score (nSPS) is 15.1. The lowest BCUT2D eigenvalue weighted by Crippen LogP contribution is -2.40. The number of anilines is 1. The van der Waals surface area contributed by atoms with Crippen LogP contribution in [0.1, 0.15) is 23.7 Å². The molecule has 0 spiro atoms. The van der Waals surface area contributed by atoms with Crippen molar-refractivity contribution in [2.24, 2.45) is 0 Å². The van der Waals surface area contributed by atoms with E-state index in [2.05, 4.69) is 21.2 Å². The van der Waals surface area contributed by atoms with Gasteiger partial charge in [-0.1, -0.05) is 22.9 Å². The Labute approximate surface area is 179 Å². The average molecular weight is 483 g/mol. The molecule has 2 aromatic rings. The Bertz CT molecular complexity index is 957. The maximum atomic E-state index is 12.7. The predicted molar refractivity (Wildman–Crippen MR) is 114 cm³/mol. The van der Waals surface area contributed by atoms with E-state index in [9.17, 15) is 13.2 Å². The molecule has 29 heavy (non-hydrogen) atoms. The van der Waals surface area contributed by atoms with Crippen molar-refractivity contribution in [2.45, 2.75) is 18.2 Å². The van der Waals surface area contributed by atoms with Crippen molar-refractivity contribution in [2.75, 3.05) is 38.2 Å². The topological polar surface area (TPSA) is 84.9 Å². The molecule has 1 heterocycles. The third-order valence-corrected chi connectivity index (χ3v) is 6.77. The molecule has 0 saturated carbocycles. The number of carbonyl (C=O) groups excluding carboxylic acids is 1. The molecular weight excluding hydrogens is 460 g/mol. The Hall–Kier alpha value is -1.94. The minimum atomic E-state index is -3.57. The van der Waals surface area contributed by atoms with E-state index in [0.717, 1.165) is 10.9 Å². The summed E-state index contributed by atoms with van der Waals surface area (Å²) in [4.78, 5) is 12.9. The summed E-state index contributed by atoms with van der Waals surface area (Å²) >= 11 is 3.37. The smallest absolute Gasteiger partial charge is 0.259 e. The minimum Gasteiger partial charge on any atom is -0.493 e. The molecule has 3 rings (SSSR count). The molecule has 1 amide bonds. The molecule has 0 atom stereocenters. The Morgan fingerprint density at radius 2 is 1.86 bits per heavy atom. The second kappa shape index (κ2) is 9.71. The van der Waals surface area contributed by atoms with E-state index in [1.807, 2.05) is 13.0 Å². The highest BCUT2D eigenvalue weighted by Crippen LogP contribution is 2.25. The van der Waals surface area contributed by atoms with Gasteiger partial charge in [0.2, 0.25) is 10.0 Å². The summed E-state index contributed by atoms with van der Waals surface area (Å²) in [5, 5.41) is 2.79. The highest BCUT2D eigenvalue weighted by atomic mass is 79.9. The van der Waals surface area contributed by atoms with Gasteiger partial charge in [-0.05, 0) is 48.9 Å². The van der Waals surface area contributed by atoms with Gasteiger partial charge in [-0.15, -0.1) is 0 Å². The van der Waals surface area contributed by atoms with Crippen LogP contribution in [-0.2, 0) is 14.8 Å². The fraction of sp³-hybridized carbons (Fsp3) is 0.350. The van der Waals surface area contributed by atoms with Gasteiger partial charge >= 0.3 is 0 Å². The number of nitrogens with zero attached hydrogens (tertiary/aromatic N) is 1. The second-order valence-corrected chi connectivity index (χ2v) is 9.34. The van der Waals surface area contributed by atoms with Gasteiger partial charge in [-0.3, -0.25) is 4.79 Å². The molecule has 156 valence electrons. The van der Waals surface area contributed by atoms with Crippen molar-refractivity contribution in [1.82, 2.24) is 4.31 Å². The minimum absolute atomic E-state index is 0.187. The van der Waals surface area contributed by atoms with Crippen molar-refractivity contribution < 1.29 is 22.7 Å². The van der Waals surface area contributed by atoms with Gasteiger partial charge in [0.1, 0.15) is 5.75 Å². The number of carbonyl (C=O) groups is 1. The zero-order valence-corrected chi connectivity index (χ0v) is 18.5. The quantitative estimate of drug-likeness (QED) is 0.652. The van der Waals surface area contributed by atoms with Crippen LogP contribution in [-0.4, -0.2) is 51.5 Å². The van der Waals surface area contributed by atoms with Gasteiger partial charge in [0, 0.05) is 23.2 Å². The zero-order chi connectivity index (χ0) is 20.9. The third kappa shape index (κ3) is 5.36. The Kier molecular flexibility index (Phi) is 7.28. The number of morpholine rings is 1. The first kappa shape index (κ1) is 21.8. The van der Waals surface area contributed by atoms with E-state index in [1.165, 1.54) is 16.4 Å². The van der Waals surface area contributed by atoms with Crippen molar-refractivity contribution >= 4 is 37.5 Å². The van der Waals surface area contributed by atoms with E-state index < -0.39 is 10.0 Å². The van der Waals surface area contributed by atoms with Crippen molar-refractivity contribution in [3.05, 3.63) is 52.5 Å². The van der Waals surface area contributed by atoms with Gasteiger partial charge in [0.05, 0.1) is 30.3 Å². The van der Waals surface area contributed by atoms with Crippen LogP contribution >= 0.6 is 15.9 Å². The molecule has 1 fully saturated rings. The van der Waals surface area contributed by atoms with Crippen LogP contribution in [0.5, 0.6) is 5.75 Å². The summed E-state index contributed by atoms with van der Waals surface area (Å²) < 4.78 is 38.4. The summed E-state index contributed by atoms with van der Waals surface area (Å²) in [6, 6.07) is 11.4. The summed E-state index contributed by atoms with van der Waals surface area (Å²) in [5.41, 5.74) is 0.898.